The van der Waals surface area contributed by atoms with Crippen molar-refractivity contribution in [1.29, 1.82) is 0 Å². The molecule has 2 atom stereocenters. The van der Waals surface area contributed by atoms with E-state index in [0.29, 0.717) is 22.5 Å². The van der Waals surface area contributed by atoms with Gasteiger partial charge in [-0.15, -0.1) is 0 Å². The molecule has 8 nitrogen and oxygen atoms in total. The number of hydrogen-bond acceptors (Lipinski definition) is 7. The van der Waals surface area contributed by atoms with Crippen LogP contribution in [0.1, 0.15) is 43.9 Å². The Hall–Kier alpha value is -2.40. The third-order valence-electron chi connectivity index (χ3n) is 4.87. The van der Waals surface area contributed by atoms with E-state index in [1.54, 1.807) is 6.08 Å². The molecular weight excluding hydrogens is 437 g/mol. The summed E-state index contributed by atoms with van der Waals surface area (Å²) in [5.74, 6) is -0.571. The van der Waals surface area contributed by atoms with Crippen molar-refractivity contribution < 1.29 is 28.1 Å². The molecule has 0 saturated heterocycles. The predicted molar refractivity (Wildman–Crippen MR) is 122 cm³/mol. The molecular formula is C22H30FN3O5S. The van der Waals surface area contributed by atoms with Crippen molar-refractivity contribution in [2.75, 3.05) is 24.2 Å². The molecule has 2 rings (SSSR count). The van der Waals surface area contributed by atoms with Gasteiger partial charge in [0.15, 0.2) is 0 Å². The molecule has 0 aliphatic carbocycles. The lowest BCUT2D eigenvalue weighted by molar-refractivity contribution is 0.0827. The van der Waals surface area contributed by atoms with Crippen LogP contribution < -0.4 is 4.31 Å². The SMILES string of the molecule is CC(C)c1nc(N(C)S(C)(=O)=O)nc(-c2ccc(F)cc2)c1/C=C/C(O)CC(O)CCO. The van der Waals surface area contributed by atoms with Crippen molar-refractivity contribution in [3.8, 4) is 11.3 Å². The van der Waals surface area contributed by atoms with Crippen molar-refractivity contribution in [3.63, 3.8) is 0 Å². The third-order valence-corrected chi connectivity index (χ3v) is 6.03. The molecule has 0 bridgehead atoms. The van der Waals surface area contributed by atoms with Crippen LogP contribution in [-0.4, -0.2) is 65.8 Å². The largest absolute Gasteiger partial charge is 0.396 e. The fraction of sp³-hybridized carbons (Fsp3) is 0.455. The van der Waals surface area contributed by atoms with Gasteiger partial charge in [-0.25, -0.2) is 27.1 Å². The standard InChI is InChI=1S/C22H30FN3O5S/c1-14(2)20-19(10-9-17(28)13-18(29)11-12-27)21(15-5-7-16(23)8-6-15)25-22(24-20)26(3)32(4,30)31/h5-10,14,17-18,27-29H,11-13H2,1-4H3/b10-9+. The molecule has 32 heavy (non-hydrogen) atoms. The summed E-state index contributed by atoms with van der Waals surface area (Å²) < 4.78 is 38.6. The minimum Gasteiger partial charge on any atom is -0.396 e. The maximum absolute atomic E-state index is 13.5. The zero-order chi connectivity index (χ0) is 24.1. The summed E-state index contributed by atoms with van der Waals surface area (Å²) in [5, 5.41) is 29.0. The fourth-order valence-corrected chi connectivity index (χ4v) is 3.41. The predicted octanol–water partition coefficient (Wildman–Crippen LogP) is 2.31. The first-order valence-electron chi connectivity index (χ1n) is 10.2. The number of aliphatic hydroxyl groups excluding tert-OH is 3. The van der Waals surface area contributed by atoms with Gasteiger partial charge in [-0.1, -0.05) is 26.0 Å². The number of aliphatic hydroxyl groups is 3. The normalized spacial score (nSPS) is 14.2. The maximum atomic E-state index is 13.5. The van der Waals surface area contributed by atoms with Gasteiger partial charge < -0.3 is 15.3 Å². The van der Waals surface area contributed by atoms with Gasteiger partial charge in [-0.05, 0) is 36.6 Å². The van der Waals surface area contributed by atoms with Gasteiger partial charge >= 0.3 is 0 Å². The Bertz CT molecular complexity index is 1040. The van der Waals surface area contributed by atoms with Crippen molar-refractivity contribution in [3.05, 3.63) is 47.4 Å². The van der Waals surface area contributed by atoms with Crippen LogP contribution in [0.3, 0.4) is 0 Å². The second-order valence-corrected chi connectivity index (χ2v) is 9.91. The molecule has 3 N–H and O–H groups in total. The third kappa shape index (κ3) is 6.80. The number of rotatable bonds is 10. The van der Waals surface area contributed by atoms with Crippen LogP contribution in [0.5, 0.6) is 0 Å². The Labute approximate surface area is 188 Å². The Morgan fingerprint density at radius 3 is 2.31 bits per heavy atom. The lowest BCUT2D eigenvalue weighted by Gasteiger charge is -2.20. The molecule has 0 aliphatic heterocycles. The summed E-state index contributed by atoms with van der Waals surface area (Å²) in [7, 11) is -2.27. The highest BCUT2D eigenvalue weighted by Gasteiger charge is 2.22. The first-order chi connectivity index (χ1) is 14.9. The molecule has 0 spiro atoms. The molecule has 1 heterocycles. The lowest BCUT2D eigenvalue weighted by atomic mass is 9.97. The molecule has 10 heteroatoms. The summed E-state index contributed by atoms with van der Waals surface area (Å²) in [4.78, 5) is 8.91. The van der Waals surface area contributed by atoms with Crippen LogP contribution in [0.15, 0.2) is 30.3 Å². The molecule has 1 aromatic carbocycles. The summed E-state index contributed by atoms with van der Waals surface area (Å²) in [6.45, 7) is 3.59. The average Bonchev–Trinajstić information content (AvgIpc) is 2.71. The molecule has 0 aliphatic rings. The maximum Gasteiger partial charge on any atom is 0.239 e. The molecule has 0 radical (unpaired) electrons. The first kappa shape index (κ1) is 25.9. The summed E-state index contributed by atoms with van der Waals surface area (Å²) in [5.41, 5.74) is 2.03. The van der Waals surface area contributed by atoms with Crippen molar-refractivity contribution in [1.82, 2.24) is 9.97 Å². The van der Waals surface area contributed by atoms with E-state index in [1.165, 1.54) is 37.4 Å². The van der Waals surface area contributed by atoms with E-state index < -0.39 is 28.0 Å². The van der Waals surface area contributed by atoms with Gasteiger partial charge in [0, 0.05) is 31.2 Å². The van der Waals surface area contributed by atoms with Gasteiger partial charge in [0.1, 0.15) is 5.82 Å². The van der Waals surface area contributed by atoms with Crippen LogP contribution in [0.25, 0.3) is 17.3 Å². The summed E-state index contributed by atoms with van der Waals surface area (Å²) in [6.07, 6.45) is 2.49. The van der Waals surface area contributed by atoms with E-state index in [9.17, 15) is 23.0 Å². The van der Waals surface area contributed by atoms with E-state index >= 15 is 0 Å². The first-order valence-corrected chi connectivity index (χ1v) is 12.1. The van der Waals surface area contributed by atoms with E-state index in [-0.39, 0.29) is 31.3 Å². The minimum atomic E-state index is -3.62. The summed E-state index contributed by atoms with van der Waals surface area (Å²) >= 11 is 0. The van der Waals surface area contributed by atoms with Crippen LogP contribution in [-0.2, 0) is 10.0 Å². The number of sulfonamides is 1. The molecule has 0 saturated carbocycles. The molecule has 176 valence electrons. The summed E-state index contributed by atoms with van der Waals surface area (Å²) in [6, 6.07) is 5.62. The molecule has 2 unspecified atom stereocenters. The van der Waals surface area contributed by atoms with Crippen molar-refractivity contribution in [2.24, 2.45) is 0 Å². The van der Waals surface area contributed by atoms with Crippen LogP contribution in [0, 0.1) is 5.82 Å². The van der Waals surface area contributed by atoms with Crippen molar-refractivity contribution >= 4 is 22.0 Å². The second kappa shape index (κ2) is 11.0. The highest BCUT2D eigenvalue weighted by Crippen LogP contribution is 2.31. The average molecular weight is 468 g/mol. The van der Waals surface area contributed by atoms with Crippen LogP contribution >= 0.6 is 0 Å². The van der Waals surface area contributed by atoms with Crippen LogP contribution in [0.4, 0.5) is 10.3 Å². The molecule has 0 fully saturated rings. The zero-order valence-corrected chi connectivity index (χ0v) is 19.4. The number of hydrogen-bond donors (Lipinski definition) is 3. The minimum absolute atomic E-state index is 0.0217. The molecule has 1 aromatic heterocycles. The monoisotopic (exact) mass is 467 g/mol. The zero-order valence-electron chi connectivity index (χ0n) is 18.6. The number of halogens is 1. The molecule has 2 aromatic rings. The van der Waals surface area contributed by atoms with Gasteiger partial charge in [0.25, 0.3) is 0 Å². The second-order valence-electron chi connectivity index (χ2n) is 7.89. The van der Waals surface area contributed by atoms with Crippen LogP contribution in [0.2, 0.25) is 0 Å². The van der Waals surface area contributed by atoms with E-state index in [1.807, 2.05) is 13.8 Å². The number of nitrogens with zero attached hydrogens (tertiary/aromatic N) is 3. The van der Waals surface area contributed by atoms with E-state index in [0.717, 1.165) is 10.6 Å². The Morgan fingerprint density at radius 2 is 1.78 bits per heavy atom. The Morgan fingerprint density at radius 1 is 1.16 bits per heavy atom. The van der Waals surface area contributed by atoms with E-state index in [4.69, 9.17) is 5.11 Å². The van der Waals surface area contributed by atoms with Gasteiger partial charge in [0.2, 0.25) is 16.0 Å². The highest BCUT2D eigenvalue weighted by atomic mass is 32.2. The number of aromatic nitrogens is 2. The fourth-order valence-electron chi connectivity index (χ4n) is 3.03. The lowest BCUT2D eigenvalue weighted by Crippen LogP contribution is -2.27. The smallest absolute Gasteiger partial charge is 0.239 e. The Kier molecular flexibility index (Phi) is 8.85. The van der Waals surface area contributed by atoms with Gasteiger partial charge in [-0.3, -0.25) is 0 Å². The number of anilines is 1. The Balaban J connectivity index is 2.64. The number of benzene rings is 1. The molecule has 0 amide bonds. The van der Waals surface area contributed by atoms with E-state index in [2.05, 4.69) is 9.97 Å². The van der Waals surface area contributed by atoms with Crippen molar-refractivity contribution in [2.45, 2.75) is 44.8 Å². The topological polar surface area (TPSA) is 124 Å². The van der Waals surface area contributed by atoms with Gasteiger partial charge in [-0.2, -0.15) is 0 Å². The van der Waals surface area contributed by atoms with Gasteiger partial charge in [0.05, 0.1) is 29.9 Å². The quantitative estimate of drug-likeness (QED) is 0.490. The highest BCUT2D eigenvalue weighted by molar-refractivity contribution is 7.92.